The van der Waals surface area contributed by atoms with E-state index in [0.717, 1.165) is 17.1 Å². The van der Waals surface area contributed by atoms with Crippen LogP contribution in [-0.4, -0.2) is 11.3 Å². The summed E-state index contributed by atoms with van der Waals surface area (Å²) in [5, 5.41) is 4.00. The molecule has 0 aliphatic carbocycles. The van der Waals surface area contributed by atoms with Gasteiger partial charge in [-0.05, 0) is 87.3 Å². The van der Waals surface area contributed by atoms with Crippen LogP contribution in [0, 0.1) is 0 Å². The number of nitrogens with zero attached hydrogens (tertiary/aromatic N) is 3. The Morgan fingerprint density at radius 1 is 0.468 bits per heavy atom. The highest BCUT2D eigenvalue weighted by Crippen LogP contribution is 2.59. The Balaban J connectivity index is 1.18. The van der Waals surface area contributed by atoms with Gasteiger partial charge in [-0.3, -0.25) is 0 Å². The van der Waals surface area contributed by atoms with Crippen molar-refractivity contribution in [3.05, 3.63) is 241 Å². The fraction of sp³-hybridized carbons (Fsp3) is 0.0175. The normalized spacial score (nSPS) is 13.9. The molecule has 0 fully saturated rings. The summed E-state index contributed by atoms with van der Waals surface area (Å²) in [6.45, 7) is -0.0698. The molecule has 288 valence electrons. The molecule has 0 radical (unpaired) electrons. The Morgan fingerprint density at radius 2 is 1.06 bits per heavy atom. The molecule has 5 heterocycles. The molecule has 0 spiro atoms. The first-order valence-corrected chi connectivity index (χ1v) is 22.3. The topological polar surface area (TPSA) is 11.4 Å². The number of anilines is 6. The van der Waals surface area contributed by atoms with Gasteiger partial charge in [-0.1, -0.05) is 170 Å². The molecule has 0 atom stereocenters. The van der Waals surface area contributed by atoms with Crippen molar-refractivity contribution < 1.29 is 0 Å². The summed E-state index contributed by atoms with van der Waals surface area (Å²) in [6, 6.07) is 81.4. The zero-order chi connectivity index (χ0) is 40.5. The van der Waals surface area contributed by atoms with Crippen molar-refractivity contribution in [3.8, 4) is 11.1 Å². The van der Waals surface area contributed by atoms with Crippen LogP contribution in [0.3, 0.4) is 0 Å². The van der Waals surface area contributed by atoms with E-state index in [1.165, 1.54) is 92.6 Å². The highest BCUT2D eigenvalue weighted by molar-refractivity contribution is 7.26. The van der Waals surface area contributed by atoms with Crippen molar-refractivity contribution >= 4 is 94.4 Å². The van der Waals surface area contributed by atoms with Crippen molar-refractivity contribution in [3.63, 3.8) is 0 Å². The van der Waals surface area contributed by atoms with E-state index in [-0.39, 0.29) is 6.85 Å². The van der Waals surface area contributed by atoms with E-state index in [1.807, 2.05) is 11.3 Å². The van der Waals surface area contributed by atoms with E-state index in [4.69, 9.17) is 0 Å². The molecule has 62 heavy (non-hydrogen) atoms. The second-order valence-corrected chi connectivity index (χ2v) is 17.8. The van der Waals surface area contributed by atoms with Gasteiger partial charge in [0.25, 0.3) is 0 Å². The summed E-state index contributed by atoms with van der Waals surface area (Å²) >= 11 is 1.93. The van der Waals surface area contributed by atoms with Gasteiger partial charge in [-0.25, -0.2) is 0 Å². The van der Waals surface area contributed by atoms with Crippen LogP contribution >= 0.6 is 11.3 Å². The summed E-state index contributed by atoms with van der Waals surface area (Å²) in [5.41, 5.74) is 18.1. The maximum atomic E-state index is 2.72. The maximum absolute atomic E-state index is 2.72. The first kappa shape index (κ1) is 34.2. The number of hydrogen-bond donors (Lipinski definition) is 0. The lowest BCUT2D eigenvalue weighted by atomic mass is 9.44. The number of fused-ring (bicyclic) bond motifs is 11. The third-order valence-corrected chi connectivity index (χ3v) is 15.0. The Kier molecular flexibility index (Phi) is 7.00. The number of rotatable bonds is 5. The van der Waals surface area contributed by atoms with Crippen molar-refractivity contribution in [2.45, 2.75) is 5.41 Å². The van der Waals surface area contributed by atoms with Crippen molar-refractivity contribution in [1.82, 2.24) is 4.48 Å². The zero-order valence-corrected chi connectivity index (χ0v) is 34.4. The van der Waals surface area contributed by atoms with Gasteiger partial charge in [0.1, 0.15) is 0 Å². The van der Waals surface area contributed by atoms with Crippen LogP contribution in [0.15, 0.2) is 218 Å². The average molecular weight is 806 g/mol. The highest BCUT2D eigenvalue weighted by Gasteiger charge is 2.52. The van der Waals surface area contributed by atoms with Crippen LogP contribution in [0.2, 0.25) is 0 Å². The van der Waals surface area contributed by atoms with Crippen LogP contribution < -0.4 is 20.7 Å². The summed E-state index contributed by atoms with van der Waals surface area (Å²) in [5.74, 6) is 0. The molecule has 0 unspecified atom stereocenters. The lowest BCUT2D eigenvalue weighted by Gasteiger charge is -2.50. The molecule has 0 N–H and O–H groups in total. The largest absolute Gasteiger partial charge is 0.367 e. The van der Waals surface area contributed by atoms with Gasteiger partial charge in [0.2, 0.25) is 0 Å². The standard InChI is InChI=1S/C57H36BN3S/c1-5-19-37(20-6-1)57(38-21-7-2-8-22-38)46-30-14-15-33-49(46)60-50-36-41(59(39-23-9-3-10-24-39)40-25-11-4-12-26-40)35-45-42-28-17-29-44-52-43-27-13-16-34-51(43)62-56(52)61(54(42)44)58(53(45)50)48-32-18-31-47(57)55(48)60/h1-36H. The lowest BCUT2D eigenvalue weighted by molar-refractivity contribution is 0.732. The fourth-order valence-electron chi connectivity index (χ4n) is 11.5. The van der Waals surface area contributed by atoms with Gasteiger partial charge in [0.15, 0.2) is 0 Å². The predicted octanol–water partition coefficient (Wildman–Crippen LogP) is 13.6. The molecule has 2 aromatic heterocycles. The third-order valence-electron chi connectivity index (χ3n) is 13.8. The first-order valence-electron chi connectivity index (χ1n) is 21.5. The first-order chi connectivity index (χ1) is 30.8. The van der Waals surface area contributed by atoms with Crippen LogP contribution in [0.1, 0.15) is 22.3 Å². The number of aromatic nitrogens is 1. The van der Waals surface area contributed by atoms with Crippen LogP contribution in [0.5, 0.6) is 0 Å². The lowest BCUT2D eigenvalue weighted by Crippen LogP contribution is -2.58. The van der Waals surface area contributed by atoms with Gasteiger partial charge in [-0.15, -0.1) is 11.3 Å². The molecule has 0 bridgehead atoms. The van der Waals surface area contributed by atoms with E-state index < -0.39 is 5.41 Å². The Bertz CT molecular complexity index is 3520. The van der Waals surface area contributed by atoms with Gasteiger partial charge in [0, 0.05) is 60.4 Å². The van der Waals surface area contributed by atoms with E-state index in [0.29, 0.717) is 0 Å². The van der Waals surface area contributed by atoms with E-state index in [1.54, 1.807) is 0 Å². The second-order valence-electron chi connectivity index (χ2n) is 16.8. The van der Waals surface area contributed by atoms with Crippen molar-refractivity contribution in [2.24, 2.45) is 0 Å². The Hall–Kier alpha value is -7.60. The molecular formula is C57H36BN3S. The fourth-order valence-corrected chi connectivity index (χ4v) is 12.8. The van der Waals surface area contributed by atoms with Gasteiger partial charge < -0.3 is 14.3 Å². The molecule has 3 aliphatic heterocycles. The molecule has 0 saturated carbocycles. The van der Waals surface area contributed by atoms with Gasteiger partial charge in [0.05, 0.1) is 15.9 Å². The molecule has 3 nitrogen and oxygen atoms in total. The van der Waals surface area contributed by atoms with Crippen LogP contribution in [-0.2, 0) is 5.41 Å². The molecule has 3 aliphatic rings. The summed E-state index contributed by atoms with van der Waals surface area (Å²) < 4.78 is 4.05. The summed E-state index contributed by atoms with van der Waals surface area (Å²) in [6.07, 6.45) is 0. The Labute approximate surface area is 364 Å². The predicted molar refractivity (Wildman–Crippen MR) is 262 cm³/mol. The SMILES string of the molecule is c1ccc(N(c2ccccc2)c2cc3c4c(c2)N2c5ccccc5C(c5ccccc5)(c5ccccc5)c5cccc(c52)B4n2c4sc5ccccc5c4c4cccc-3c42)cc1. The molecule has 9 aromatic carbocycles. The van der Waals surface area contributed by atoms with Crippen LogP contribution in [0.25, 0.3) is 42.3 Å². The minimum Gasteiger partial charge on any atom is -0.367 e. The monoisotopic (exact) mass is 805 g/mol. The molecule has 0 saturated heterocycles. The number of hydrogen-bond acceptors (Lipinski definition) is 3. The minimum atomic E-state index is -0.579. The number of para-hydroxylation sites is 5. The zero-order valence-electron chi connectivity index (χ0n) is 33.6. The van der Waals surface area contributed by atoms with E-state index >= 15 is 0 Å². The number of thiophene rings is 1. The number of benzene rings is 9. The van der Waals surface area contributed by atoms with Gasteiger partial charge >= 0.3 is 6.85 Å². The molecule has 5 heteroatoms. The molecular weight excluding hydrogens is 770 g/mol. The van der Waals surface area contributed by atoms with Gasteiger partial charge in [-0.2, -0.15) is 0 Å². The maximum Gasteiger partial charge on any atom is 0.333 e. The minimum absolute atomic E-state index is 0.0698. The quantitative estimate of drug-likeness (QED) is 0.161. The second kappa shape index (κ2) is 12.7. The highest BCUT2D eigenvalue weighted by atomic mass is 32.1. The Morgan fingerprint density at radius 3 is 1.79 bits per heavy atom. The molecule has 11 aromatic rings. The van der Waals surface area contributed by atoms with Crippen molar-refractivity contribution in [1.29, 1.82) is 0 Å². The molecule has 0 amide bonds. The van der Waals surface area contributed by atoms with Crippen molar-refractivity contribution in [2.75, 3.05) is 9.80 Å². The summed E-state index contributed by atoms with van der Waals surface area (Å²) in [4.78, 5) is 6.39. The summed E-state index contributed by atoms with van der Waals surface area (Å²) in [7, 11) is 0. The van der Waals surface area contributed by atoms with Crippen LogP contribution in [0.4, 0.5) is 34.1 Å². The van der Waals surface area contributed by atoms with E-state index in [9.17, 15) is 0 Å². The third kappa shape index (κ3) is 4.35. The smallest absolute Gasteiger partial charge is 0.333 e. The van der Waals surface area contributed by atoms with E-state index in [2.05, 4.69) is 233 Å². The average Bonchev–Trinajstić information content (AvgIpc) is 3.88. The molecule has 14 rings (SSSR count).